The first kappa shape index (κ1) is 7.95. The molecule has 0 aliphatic carbocycles. The fourth-order valence-corrected chi connectivity index (χ4v) is 1.61. The van der Waals surface area contributed by atoms with Crippen LogP contribution < -0.4 is 0 Å². The van der Waals surface area contributed by atoms with Gasteiger partial charge in [0.15, 0.2) is 5.58 Å². The molecule has 0 bridgehead atoms. The quantitative estimate of drug-likeness (QED) is 0.660. The van der Waals surface area contributed by atoms with E-state index >= 15 is 0 Å². The molecule has 0 fully saturated rings. The maximum atomic E-state index is 5.59. The number of hydrogen-bond donors (Lipinski definition) is 0. The Bertz CT molecular complexity index is 412. The lowest BCUT2D eigenvalue weighted by Gasteiger charge is -1.92. The highest BCUT2D eigenvalue weighted by Crippen LogP contribution is 2.23. The third kappa shape index (κ3) is 1.30. The number of nitrogens with zero attached hydrogens (tertiary/aromatic N) is 1. The molecule has 0 saturated heterocycles. The molecule has 2 aromatic rings. The number of hydrogen-bond acceptors (Lipinski definition) is 3. The predicted octanol–water partition coefficient (Wildman–Crippen LogP) is 3.20. The predicted molar refractivity (Wildman–Crippen MR) is 50.8 cm³/mol. The second-order valence-electron chi connectivity index (χ2n) is 2.30. The van der Waals surface area contributed by atoms with Gasteiger partial charge in [0.1, 0.15) is 5.52 Å². The van der Waals surface area contributed by atoms with E-state index in [2.05, 4.69) is 4.98 Å². The van der Waals surface area contributed by atoms with Crippen LogP contribution in [-0.4, -0.2) is 11.2 Å². The molecule has 12 heavy (non-hydrogen) atoms. The van der Waals surface area contributed by atoms with Crippen molar-refractivity contribution in [3.8, 4) is 0 Å². The Morgan fingerprint density at radius 3 is 3.08 bits per heavy atom. The van der Waals surface area contributed by atoms with E-state index in [1.807, 2.05) is 24.5 Å². The summed E-state index contributed by atoms with van der Waals surface area (Å²) >= 11 is 7.26. The van der Waals surface area contributed by atoms with E-state index < -0.39 is 0 Å². The molecule has 1 aromatic heterocycles. The summed E-state index contributed by atoms with van der Waals surface area (Å²) in [6.45, 7) is 0. The third-order valence-electron chi connectivity index (χ3n) is 1.57. The summed E-state index contributed by atoms with van der Waals surface area (Å²) < 4.78 is 5.11. The Hall–Kier alpha value is -0.670. The van der Waals surface area contributed by atoms with E-state index in [-0.39, 0.29) is 5.35 Å². The van der Waals surface area contributed by atoms with Crippen LogP contribution in [0.5, 0.6) is 0 Å². The normalized spacial score (nSPS) is 10.8. The first-order valence-corrected chi connectivity index (χ1v) is 5.00. The van der Waals surface area contributed by atoms with Gasteiger partial charge in [0, 0.05) is 4.90 Å². The molecule has 2 rings (SSSR count). The van der Waals surface area contributed by atoms with E-state index in [1.165, 1.54) is 0 Å². The molecule has 2 nitrogen and oxygen atoms in total. The van der Waals surface area contributed by atoms with Crippen molar-refractivity contribution in [3.05, 3.63) is 23.5 Å². The fraction of sp³-hybridized carbons (Fsp3) is 0.125. The van der Waals surface area contributed by atoms with Crippen LogP contribution in [0.2, 0.25) is 5.35 Å². The first-order chi connectivity index (χ1) is 5.79. The van der Waals surface area contributed by atoms with Crippen LogP contribution in [0, 0.1) is 0 Å². The number of oxazole rings is 1. The lowest BCUT2D eigenvalue weighted by Crippen LogP contribution is -1.70. The number of aromatic nitrogens is 1. The van der Waals surface area contributed by atoms with Crippen molar-refractivity contribution in [3.63, 3.8) is 0 Å². The van der Waals surface area contributed by atoms with Crippen LogP contribution >= 0.6 is 23.4 Å². The van der Waals surface area contributed by atoms with Gasteiger partial charge in [-0.05, 0) is 36.1 Å². The lowest BCUT2D eigenvalue weighted by atomic mass is 10.3. The molecule has 0 atom stereocenters. The summed E-state index contributed by atoms with van der Waals surface area (Å²) in [6, 6.07) is 5.81. The SMILES string of the molecule is CSc1ccc2oc(Cl)nc2c1. The molecular weight excluding hydrogens is 194 g/mol. The molecule has 0 radical (unpaired) electrons. The van der Waals surface area contributed by atoms with Crippen LogP contribution in [0.3, 0.4) is 0 Å². The summed E-state index contributed by atoms with van der Waals surface area (Å²) in [5.74, 6) is 0. The Labute approximate surface area is 78.9 Å². The zero-order chi connectivity index (χ0) is 8.55. The molecule has 1 aromatic carbocycles. The second kappa shape index (κ2) is 2.99. The summed E-state index contributed by atoms with van der Waals surface area (Å²) in [5, 5.41) is 0.197. The Morgan fingerprint density at radius 1 is 1.50 bits per heavy atom. The van der Waals surface area contributed by atoms with Crippen LogP contribution in [0.15, 0.2) is 27.5 Å². The number of fused-ring (bicyclic) bond motifs is 1. The number of thioether (sulfide) groups is 1. The van der Waals surface area contributed by atoms with Gasteiger partial charge in [-0.15, -0.1) is 11.8 Å². The topological polar surface area (TPSA) is 26.0 Å². The Morgan fingerprint density at radius 2 is 2.33 bits per heavy atom. The molecule has 4 heteroatoms. The van der Waals surface area contributed by atoms with Crippen molar-refractivity contribution in [1.29, 1.82) is 0 Å². The van der Waals surface area contributed by atoms with Crippen LogP contribution in [0.1, 0.15) is 0 Å². The van der Waals surface area contributed by atoms with Crippen LogP contribution in [-0.2, 0) is 0 Å². The maximum Gasteiger partial charge on any atom is 0.293 e. The van der Waals surface area contributed by atoms with Crippen molar-refractivity contribution >= 4 is 34.5 Å². The van der Waals surface area contributed by atoms with Gasteiger partial charge in [-0.25, -0.2) is 0 Å². The number of benzene rings is 1. The molecule has 0 unspecified atom stereocenters. The van der Waals surface area contributed by atoms with Crippen LogP contribution in [0.25, 0.3) is 11.1 Å². The summed E-state index contributed by atoms with van der Waals surface area (Å²) in [5.41, 5.74) is 1.55. The van der Waals surface area contributed by atoms with Gasteiger partial charge < -0.3 is 4.42 Å². The highest BCUT2D eigenvalue weighted by atomic mass is 35.5. The zero-order valence-electron chi connectivity index (χ0n) is 6.37. The fourth-order valence-electron chi connectivity index (χ4n) is 1.01. The number of rotatable bonds is 1. The first-order valence-electron chi connectivity index (χ1n) is 3.39. The van der Waals surface area contributed by atoms with Crippen molar-refractivity contribution in [2.45, 2.75) is 4.90 Å². The average Bonchev–Trinajstić information content (AvgIpc) is 2.43. The molecule has 0 aliphatic heterocycles. The van der Waals surface area contributed by atoms with Gasteiger partial charge in [0.25, 0.3) is 5.35 Å². The molecule has 0 saturated carbocycles. The highest BCUT2D eigenvalue weighted by molar-refractivity contribution is 7.98. The van der Waals surface area contributed by atoms with Crippen molar-refractivity contribution in [1.82, 2.24) is 4.98 Å². The summed E-state index contributed by atoms with van der Waals surface area (Å²) in [6.07, 6.45) is 2.02. The summed E-state index contributed by atoms with van der Waals surface area (Å²) in [7, 11) is 0. The third-order valence-corrected chi connectivity index (χ3v) is 2.46. The molecule has 0 amide bonds. The minimum atomic E-state index is 0.197. The minimum Gasteiger partial charge on any atom is -0.428 e. The highest BCUT2D eigenvalue weighted by Gasteiger charge is 2.02. The van der Waals surface area contributed by atoms with Gasteiger partial charge in [0.2, 0.25) is 0 Å². The van der Waals surface area contributed by atoms with Crippen molar-refractivity contribution in [2.75, 3.05) is 6.26 Å². The Balaban J connectivity index is 2.66. The lowest BCUT2D eigenvalue weighted by molar-refractivity contribution is 0.604. The molecule has 62 valence electrons. The van der Waals surface area contributed by atoms with Gasteiger partial charge in [-0.3, -0.25) is 0 Å². The van der Waals surface area contributed by atoms with Gasteiger partial charge >= 0.3 is 0 Å². The minimum absolute atomic E-state index is 0.197. The smallest absolute Gasteiger partial charge is 0.293 e. The average molecular weight is 200 g/mol. The molecule has 0 aliphatic rings. The molecular formula is C8H6ClNOS. The number of halogens is 1. The standard InChI is InChI=1S/C8H6ClNOS/c1-12-5-2-3-7-6(4-5)10-8(9)11-7/h2-4H,1H3. The van der Waals surface area contributed by atoms with E-state index in [0.717, 1.165) is 16.0 Å². The summed E-state index contributed by atoms with van der Waals surface area (Å²) in [4.78, 5) is 5.17. The molecule has 0 N–H and O–H groups in total. The largest absolute Gasteiger partial charge is 0.428 e. The van der Waals surface area contributed by atoms with Crippen molar-refractivity contribution < 1.29 is 4.42 Å². The maximum absolute atomic E-state index is 5.59. The monoisotopic (exact) mass is 199 g/mol. The van der Waals surface area contributed by atoms with Crippen LogP contribution in [0.4, 0.5) is 0 Å². The van der Waals surface area contributed by atoms with Gasteiger partial charge in [-0.1, -0.05) is 0 Å². The molecule has 0 spiro atoms. The van der Waals surface area contributed by atoms with E-state index in [9.17, 15) is 0 Å². The van der Waals surface area contributed by atoms with Gasteiger partial charge in [0.05, 0.1) is 0 Å². The van der Waals surface area contributed by atoms with Crippen molar-refractivity contribution in [2.24, 2.45) is 0 Å². The second-order valence-corrected chi connectivity index (χ2v) is 3.50. The Kier molecular flexibility index (Phi) is 1.98. The zero-order valence-corrected chi connectivity index (χ0v) is 7.95. The van der Waals surface area contributed by atoms with Gasteiger partial charge in [-0.2, -0.15) is 4.98 Å². The molecule has 1 heterocycles. The van der Waals surface area contributed by atoms with E-state index in [0.29, 0.717) is 0 Å². The van der Waals surface area contributed by atoms with E-state index in [1.54, 1.807) is 11.8 Å². The van der Waals surface area contributed by atoms with E-state index in [4.69, 9.17) is 16.0 Å².